The summed E-state index contributed by atoms with van der Waals surface area (Å²) in [4.78, 5) is 26.1. The Kier molecular flexibility index (Phi) is 5.28. The Labute approximate surface area is 137 Å². The monoisotopic (exact) mass is 315 g/mol. The molecule has 0 bridgehead atoms. The van der Waals surface area contributed by atoms with E-state index in [-0.39, 0.29) is 11.8 Å². The minimum absolute atomic E-state index is 0.149. The predicted octanol–water partition coefficient (Wildman–Crippen LogP) is 1.96. The third-order valence-electron chi connectivity index (χ3n) is 5.09. The van der Waals surface area contributed by atoms with Crippen LogP contribution in [0.5, 0.6) is 0 Å². The van der Waals surface area contributed by atoms with Gasteiger partial charge < -0.3 is 0 Å². The third-order valence-corrected chi connectivity index (χ3v) is 5.09. The largest absolute Gasteiger partial charge is 0.294 e. The number of hydrogen-bond acceptors (Lipinski definition) is 3. The second kappa shape index (κ2) is 7.59. The van der Waals surface area contributed by atoms with E-state index in [4.69, 9.17) is 0 Å². The van der Waals surface area contributed by atoms with E-state index in [0.29, 0.717) is 12.1 Å². The fraction of sp³-hybridized carbons (Fsp3) is 0.556. The summed E-state index contributed by atoms with van der Waals surface area (Å²) in [5.74, 6) is 1.18. The average molecular weight is 315 g/mol. The minimum Gasteiger partial charge on any atom is -0.294 e. The summed E-state index contributed by atoms with van der Waals surface area (Å²) in [5.41, 5.74) is 5.54. The standard InChI is InChI=1S/C18H25N3O2/c22-17(19-20-18(23)15-7-2-1-3-8-15)13-21-11-10-14-6-4-5-9-16(14)12-21/h1-3,7-8,14,16H,4-6,9-13H2,(H,19,22)(H,20,23)/t14-,16-/m1/s1. The van der Waals surface area contributed by atoms with Crippen LogP contribution >= 0.6 is 0 Å². The van der Waals surface area contributed by atoms with Crippen LogP contribution < -0.4 is 10.9 Å². The van der Waals surface area contributed by atoms with Crippen LogP contribution in [0.25, 0.3) is 0 Å². The van der Waals surface area contributed by atoms with Gasteiger partial charge in [-0.2, -0.15) is 0 Å². The molecule has 1 aliphatic heterocycles. The maximum Gasteiger partial charge on any atom is 0.269 e. The highest BCUT2D eigenvalue weighted by Gasteiger charge is 2.31. The summed E-state index contributed by atoms with van der Waals surface area (Å²) < 4.78 is 0. The van der Waals surface area contributed by atoms with Gasteiger partial charge in [0.2, 0.25) is 0 Å². The summed E-state index contributed by atoms with van der Waals surface area (Å²) in [6, 6.07) is 8.88. The first-order valence-corrected chi connectivity index (χ1v) is 8.59. The van der Waals surface area contributed by atoms with Crippen LogP contribution in [0.4, 0.5) is 0 Å². The number of piperidine rings is 1. The number of rotatable bonds is 3. The number of fused-ring (bicyclic) bond motifs is 1. The number of hydrogen-bond donors (Lipinski definition) is 2. The predicted molar refractivity (Wildman–Crippen MR) is 88.6 cm³/mol. The van der Waals surface area contributed by atoms with Gasteiger partial charge in [0.15, 0.2) is 0 Å². The van der Waals surface area contributed by atoms with Gasteiger partial charge in [-0.1, -0.05) is 37.5 Å². The van der Waals surface area contributed by atoms with Gasteiger partial charge in [-0.15, -0.1) is 0 Å². The van der Waals surface area contributed by atoms with Crippen LogP contribution in [-0.4, -0.2) is 36.3 Å². The SMILES string of the molecule is O=C(CN1CC[C@H]2CCCC[C@@H]2C1)NNC(=O)c1ccccc1. The van der Waals surface area contributed by atoms with Gasteiger partial charge in [-0.05, 0) is 43.4 Å². The Morgan fingerprint density at radius 3 is 2.52 bits per heavy atom. The molecule has 23 heavy (non-hydrogen) atoms. The molecule has 2 N–H and O–H groups in total. The van der Waals surface area contributed by atoms with E-state index in [9.17, 15) is 9.59 Å². The van der Waals surface area contributed by atoms with Crippen molar-refractivity contribution in [3.63, 3.8) is 0 Å². The van der Waals surface area contributed by atoms with E-state index in [1.54, 1.807) is 24.3 Å². The van der Waals surface area contributed by atoms with Crippen molar-refractivity contribution in [1.82, 2.24) is 15.8 Å². The highest BCUT2D eigenvalue weighted by Crippen LogP contribution is 2.35. The van der Waals surface area contributed by atoms with Crippen LogP contribution in [-0.2, 0) is 4.79 Å². The molecule has 5 nitrogen and oxygen atoms in total. The fourth-order valence-corrected chi connectivity index (χ4v) is 3.85. The van der Waals surface area contributed by atoms with Crippen LogP contribution in [0.2, 0.25) is 0 Å². The number of nitrogens with zero attached hydrogens (tertiary/aromatic N) is 1. The molecule has 1 heterocycles. The van der Waals surface area contributed by atoms with Crippen molar-refractivity contribution < 1.29 is 9.59 Å². The Morgan fingerprint density at radius 2 is 1.74 bits per heavy atom. The van der Waals surface area contributed by atoms with Crippen molar-refractivity contribution >= 4 is 11.8 Å². The second-order valence-electron chi connectivity index (χ2n) is 6.70. The lowest BCUT2D eigenvalue weighted by molar-refractivity contribution is -0.123. The zero-order valence-corrected chi connectivity index (χ0v) is 13.5. The molecule has 0 radical (unpaired) electrons. The van der Waals surface area contributed by atoms with Gasteiger partial charge in [-0.3, -0.25) is 25.3 Å². The van der Waals surface area contributed by atoms with Crippen molar-refractivity contribution in [2.75, 3.05) is 19.6 Å². The van der Waals surface area contributed by atoms with Gasteiger partial charge >= 0.3 is 0 Å². The maximum absolute atomic E-state index is 12.0. The second-order valence-corrected chi connectivity index (χ2v) is 6.70. The lowest BCUT2D eigenvalue weighted by Crippen LogP contribution is -2.49. The zero-order valence-electron chi connectivity index (χ0n) is 13.5. The Balaban J connectivity index is 1.42. The van der Waals surface area contributed by atoms with E-state index in [1.165, 1.54) is 32.1 Å². The Morgan fingerprint density at radius 1 is 1.00 bits per heavy atom. The summed E-state index contributed by atoms with van der Waals surface area (Å²) in [7, 11) is 0. The Bertz CT molecular complexity index is 546. The van der Waals surface area contributed by atoms with Crippen LogP contribution in [0.15, 0.2) is 30.3 Å². The smallest absolute Gasteiger partial charge is 0.269 e. The number of nitrogens with one attached hydrogen (secondary N) is 2. The molecular formula is C18H25N3O2. The van der Waals surface area contributed by atoms with Crippen molar-refractivity contribution in [2.24, 2.45) is 11.8 Å². The number of likely N-dealkylation sites (tertiary alicyclic amines) is 1. The van der Waals surface area contributed by atoms with Crippen LogP contribution in [0, 0.1) is 11.8 Å². The molecule has 2 amide bonds. The molecule has 124 valence electrons. The molecule has 1 aliphatic carbocycles. The molecule has 1 saturated heterocycles. The zero-order chi connectivity index (χ0) is 16.1. The number of amides is 2. The highest BCUT2D eigenvalue weighted by atomic mass is 16.2. The van der Waals surface area contributed by atoms with Crippen molar-refractivity contribution in [3.05, 3.63) is 35.9 Å². The molecule has 2 fully saturated rings. The quantitative estimate of drug-likeness (QED) is 0.838. The first kappa shape index (κ1) is 16.0. The van der Waals surface area contributed by atoms with E-state index in [2.05, 4.69) is 15.8 Å². The Hall–Kier alpha value is -1.88. The van der Waals surface area contributed by atoms with E-state index in [0.717, 1.165) is 24.9 Å². The lowest BCUT2D eigenvalue weighted by Gasteiger charge is -2.41. The lowest BCUT2D eigenvalue weighted by atomic mass is 9.75. The molecule has 1 aromatic rings. The first-order valence-electron chi connectivity index (χ1n) is 8.59. The average Bonchev–Trinajstić information content (AvgIpc) is 2.60. The summed E-state index contributed by atoms with van der Waals surface area (Å²) >= 11 is 0. The fourth-order valence-electron chi connectivity index (χ4n) is 3.85. The molecule has 0 spiro atoms. The molecule has 3 rings (SSSR count). The summed E-state index contributed by atoms with van der Waals surface area (Å²) in [6.07, 6.45) is 6.56. The number of carbonyl (C=O) groups is 2. The topological polar surface area (TPSA) is 61.4 Å². The van der Waals surface area contributed by atoms with Gasteiger partial charge in [0.25, 0.3) is 11.8 Å². The summed E-state index contributed by atoms with van der Waals surface area (Å²) in [5, 5.41) is 0. The van der Waals surface area contributed by atoms with Crippen molar-refractivity contribution in [2.45, 2.75) is 32.1 Å². The number of benzene rings is 1. The van der Waals surface area contributed by atoms with Gasteiger partial charge in [0.05, 0.1) is 6.54 Å². The van der Waals surface area contributed by atoms with Gasteiger partial charge in [0.1, 0.15) is 0 Å². The molecule has 2 aliphatic rings. The van der Waals surface area contributed by atoms with E-state index in [1.807, 2.05) is 6.07 Å². The normalized spacial score (nSPS) is 24.5. The molecule has 2 atom stereocenters. The van der Waals surface area contributed by atoms with Crippen molar-refractivity contribution in [3.8, 4) is 0 Å². The third kappa shape index (κ3) is 4.32. The first-order chi connectivity index (χ1) is 11.2. The molecule has 5 heteroatoms. The van der Waals surface area contributed by atoms with Crippen molar-refractivity contribution in [1.29, 1.82) is 0 Å². The summed E-state index contributed by atoms with van der Waals surface area (Å²) in [6.45, 7) is 2.37. The minimum atomic E-state index is -0.287. The molecule has 1 aromatic carbocycles. The number of hydrazine groups is 1. The molecule has 1 saturated carbocycles. The van der Waals surface area contributed by atoms with Crippen LogP contribution in [0.1, 0.15) is 42.5 Å². The maximum atomic E-state index is 12.0. The van der Waals surface area contributed by atoms with Gasteiger partial charge in [0, 0.05) is 12.1 Å². The number of carbonyl (C=O) groups excluding carboxylic acids is 2. The van der Waals surface area contributed by atoms with E-state index >= 15 is 0 Å². The van der Waals surface area contributed by atoms with Gasteiger partial charge in [-0.25, -0.2) is 0 Å². The molecular weight excluding hydrogens is 290 g/mol. The molecule has 0 aromatic heterocycles. The molecule has 0 unspecified atom stereocenters. The highest BCUT2D eigenvalue weighted by molar-refractivity contribution is 5.95. The van der Waals surface area contributed by atoms with Crippen LogP contribution in [0.3, 0.4) is 0 Å². The van der Waals surface area contributed by atoms with E-state index < -0.39 is 0 Å².